The first-order chi connectivity index (χ1) is 12.3. The Morgan fingerprint density at radius 1 is 1.12 bits per heavy atom. The number of aryl methyl sites for hydroxylation is 1. The van der Waals surface area contributed by atoms with Crippen molar-refractivity contribution in [1.29, 1.82) is 0 Å². The van der Waals surface area contributed by atoms with E-state index in [9.17, 15) is 15.0 Å². The summed E-state index contributed by atoms with van der Waals surface area (Å²) >= 11 is 0. The van der Waals surface area contributed by atoms with E-state index in [-0.39, 0.29) is 5.75 Å². The Balaban J connectivity index is 1.90. The highest BCUT2D eigenvalue weighted by Crippen LogP contribution is 2.21. The zero-order valence-electron chi connectivity index (χ0n) is 15.6. The van der Waals surface area contributed by atoms with Crippen LogP contribution in [0.2, 0.25) is 0 Å². The van der Waals surface area contributed by atoms with Gasteiger partial charge in [-0.2, -0.15) is 0 Å². The number of phenolic OH excluding ortho intramolecular Hbond substituents is 1. The average Bonchev–Trinajstić information content (AvgIpc) is 2.62. The van der Waals surface area contributed by atoms with E-state index in [1.165, 1.54) is 5.56 Å². The molecule has 2 rings (SSSR count). The van der Waals surface area contributed by atoms with E-state index in [1.807, 2.05) is 12.1 Å². The molecule has 0 radical (unpaired) electrons. The van der Waals surface area contributed by atoms with Gasteiger partial charge in [0.1, 0.15) is 18.4 Å². The van der Waals surface area contributed by atoms with Gasteiger partial charge in [0.15, 0.2) is 0 Å². The molecule has 0 aliphatic rings. The molecule has 0 saturated carbocycles. The van der Waals surface area contributed by atoms with Crippen LogP contribution in [-0.4, -0.2) is 47.3 Å². The lowest BCUT2D eigenvalue weighted by Crippen LogP contribution is -2.47. The third kappa shape index (κ3) is 5.58. The number of rotatable bonds is 9. The van der Waals surface area contributed by atoms with Gasteiger partial charge in [-0.3, -0.25) is 4.79 Å². The van der Waals surface area contributed by atoms with Crippen molar-refractivity contribution in [3.63, 3.8) is 0 Å². The molecule has 0 saturated heterocycles. The maximum Gasteiger partial charge on any atom is 0.248 e. The number of quaternary nitrogens is 1. The second kappa shape index (κ2) is 8.83. The molecule has 0 fully saturated rings. The maximum atomic E-state index is 11.1. The minimum Gasteiger partial charge on any atom is -0.508 e. The molecule has 2 aromatic rings. The second-order valence-electron chi connectivity index (χ2n) is 7.11. The smallest absolute Gasteiger partial charge is 0.248 e. The number of carbonyl (C=O) groups excluding carboxylic acids is 1. The van der Waals surface area contributed by atoms with Crippen LogP contribution in [0, 0.1) is 0 Å². The summed E-state index contributed by atoms with van der Waals surface area (Å²) in [5, 5.41) is 19.9. The van der Waals surface area contributed by atoms with Crippen LogP contribution in [0.5, 0.6) is 5.75 Å². The summed E-state index contributed by atoms with van der Waals surface area (Å²) < 4.78 is 0.765. The third-order valence-electron chi connectivity index (χ3n) is 5.06. The van der Waals surface area contributed by atoms with Gasteiger partial charge in [0, 0.05) is 12.0 Å². The molecule has 2 atom stereocenters. The molecule has 5 nitrogen and oxygen atoms in total. The highest BCUT2D eigenvalue weighted by molar-refractivity contribution is 5.92. The summed E-state index contributed by atoms with van der Waals surface area (Å²) in [4.78, 5) is 11.1. The minimum absolute atomic E-state index is 0.205. The van der Waals surface area contributed by atoms with Gasteiger partial charge in [0.2, 0.25) is 5.91 Å². The number of phenols is 1. The molecule has 0 aliphatic heterocycles. The van der Waals surface area contributed by atoms with Crippen LogP contribution in [0.3, 0.4) is 0 Å². The molecule has 5 heteroatoms. The Kier molecular flexibility index (Phi) is 6.77. The van der Waals surface area contributed by atoms with Gasteiger partial charge in [-0.05, 0) is 48.7 Å². The third-order valence-corrected chi connectivity index (χ3v) is 5.06. The summed E-state index contributed by atoms with van der Waals surface area (Å²) in [7, 11) is 2.15. The van der Waals surface area contributed by atoms with E-state index in [2.05, 4.69) is 14.0 Å². The molecule has 4 N–H and O–H groups in total. The fourth-order valence-electron chi connectivity index (χ4n) is 3.10. The summed E-state index contributed by atoms with van der Waals surface area (Å²) in [5.74, 6) is -0.203. The van der Waals surface area contributed by atoms with Crippen molar-refractivity contribution >= 4 is 5.91 Å². The van der Waals surface area contributed by atoms with E-state index in [0.29, 0.717) is 12.1 Å². The number of aliphatic hydroxyl groups excluding tert-OH is 1. The van der Waals surface area contributed by atoms with Gasteiger partial charge in [0.25, 0.3) is 0 Å². The Hall–Kier alpha value is -2.37. The molecule has 1 amide bonds. The van der Waals surface area contributed by atoms with Crippen LogP contribution in [0.25, 0.3) is 0 Å². The van der Waals surface area contributed by atoms with Crippen molar-refractivity contribution in [2.24, 2.45) is 5.73 Å². The van der Waals surface area contributed by atoms with Gasteiger partial charge in [-0.15, -0.1) is 0 Å². The number of amides is 1. The summed E-state index contributed by atoms with van der Waals surface area (Å²) in [6, 6.07) is 14.2. The van der Waals surface area contributed by atoms with Gasteiger partial charge in [0.05, 0.1) is 20.1 Å². The Morgan fingerprint density at radius 3 is 2.27 bits per heavy atom. The highest BCUT2D eigenvalue weighted by atomic mass is 16.3. The van der Waals surface area contributed by atoms with Crippen molar-refractivity contribution in [2.45, 2.75) is 25.9 Å². The van der Waals surface area contributed by atoms with Gasteiger partial charge in [-0.25, -0.2) is 0 Å². The van der Waals surface area contributed by atoms with E-state index >= 15 is 0 Å². The number of hydrogen-bond acceptors (Lipinski definition) is 3. The fourth-order valence-corrected chi connectivity index (χ4v) is 3.10. The molecule has 2 unspecified atom stereocenters. The number of aromatic hydroxyl groups is 1. The van der Waals surface area contributed by atoms with Crippen LogP contribution < -0.4 is 5.73 Å². The summed E-state index contributed by atoms with van der Waals surface area (Å²) in [5.41, 5.74) is 7.79. The predicted molar refractivity (Wildman–Crippen MR) is 103 cm³/mol. The average molecular weight is 357 g/mol. The number of benzene rings is 2. The first kappa shape index (κ1) is 19.9. The molecule has 0 spiro atoms. The van der Waals surface area contributed by atoms with E-state index in [0.717, 1.165) is 36.0 Å². The molecule has 0 aromatic heterocycles. The van der Waals surface area contributed by atoms with E-state index < -0.39 is 12.0 Å². The van der Waals surface area contributed by atoms with Crippen molar-refractivity contribution in [3.05, 3.63) is 65.2 Å². The lowest BCUT2D eigenvalue weighted by atomic mass is 10.1. The molecule has 2 aromatic carbocycles. The lowest BCUT2D eigenvalue weighted by molar-refractivity contribution is -0.911. The zero-order chi connectivity index (χ0) is 19.2. The van der Waals surface area contributed by atoms with Crippen LogP contribution in [0.1, 0.15) is 40.9 Å². The van der Waals surface area contributed by atoms with Crippen LogP contribution in [0.15, 0.2) is 48.5 Å². The Bertz CT molecular complexity index is 713. The van der Waals surface area contributed by atoms with Crippen LogP contribution in [0.4, 0.5) is 0 Å². The van der Waals surface area contributed by atoms with E-state index in [1.54, 1.807) is 36.4 Å². The monoisotopic (exact) mass is 357 g/mol. The van der Waals surface area contributed by atoms with Gasteiger partial charge < -0.3 is 20.4 Å². The molecule has 0 aliphatic carbocycles. The van der Waals surface area contributed by atoms with Crippen LogP contribution >= 0.6 is 0 Å². The molecular formula is C21H29N2O3+. The normalized spacial score (nSPS) is 14.6. The lowest BCUT2D eigenvalue weighted by Gasteiger charge is -2.35. The standard InChI is InChI=1S/C21H28N2O3/c1-3-23(2,15-20(25)17-10-12-19(24)13-11-17)14-4-5-16-6-8-18(9-7-16)21(22)26/h6-13,20,25H,3-5,14-15H2,1-2H3,(H2-,22,24,26)/p+1. The maximum absolute atomic E-state index is 11.1. The van der Waals surface area contributed by atoms with Crippen molar-refractivity contribution < 1.29 is 19.5 Å². The quantitative estimate of drug-likeness (QED) is 0.603. The second-order valence-corrected chi connectivity index (χ2v) is 7.11. The number of likely N-dealkylation sites (N-methyl/N-ethyl adjacent to an activating group) is 1. The molecule has 0 bridgehead atoms. The molecule has 26 heavy (non-hydrogen) atoms. The SMILES string of the molecule is CC[N+](C)(CCCc1ccc(C(N)=O)cc1)CC(O)c1ccc(O)cc1. The number of aliphatic hydroxyl groups is 1. The Morgan fingerprint density at radius 2 is 1.73 bits per heavy atom. The minimum atomic E-state index is -0.560. The largest absolute Gasteiger partial charge is 0.508 e. The number of nitrogens with zero attached hydrogens (tertiary/aromatic N) is 1. The van der Waals surface area contributed by atoms with Crippen LogP contribution in [-0.2, 0) is 6.42 Å². The van der Waals surface area contributed by atoms with Crippen molar-refractivity contribution in [1.82, 2.24) is 0 Å². The number of carbonyl (C=O) groups is 1. The summed E-state index contributed by atoms with van der Waals surface area (Å²) in [6.07, 6.45) is 1.35. The van der Waals surface area contributed by atoms with Crippen molar-refractivity contribution in [2.75, 3.05) is 26.7 Å². The first-order valence-electron chi connectivity index (χ1n) is 9.02. The highest BCUT2D eigenvalue weighted by Gasteiger charge is 2.24. The number of nitrogens with two attached hydrogens (primary N) is 1. The fraction of sp³-hybridized carbons (Fsp3) is 0.381. The zero-order valence-corrected chi connectivity index (χ0v) is 15.6. The van der Waals surface area contributed by atoms with Gasteiger partial charge >= 0.3 is 0 Å². The number of primary amides is 1. The summed E-state index contributed by atoms with van der Waals surface area (Å²) in [6.45, 7) is 4.63. The molecule has 0 heterocycles. The van der Waals surface area contributed by atoms with E-state index in [4.69, 9.17) is 5.73 Å². The molecular weight excluding hydrogens is 328 g/mol. The molecule has 140 valence electrons. The first-order valence-corrected chi connectivity index (χ1v) is 9.02. The topological polar surface area (TPSA) is 83.6 Å². The van der Waals surface area contributed by atoms with Crippen molar-refractivity contribution in [3.8, 4) is 5.75 Å². The number of hydrogen-bond donors (Lipinski definition) is 3. The predicted octanol–water partition coefficient (Wildman–Crippen LogP) is 2.62. The Labute approximate surface area is 155 Å². The van der Waals surface area contributed by atoms with Gasteiger partial charge in [-0.1, -0.05) is 24.3 Å².